The Kier molecular flexibility index (Phi) is 5.16. The van der Waals surface area contributed by atoms with Gasteiger partial charge >= 0.3 is 0 Å². The van der Waals surface area contributed by atoms with Gasteiger partial charge in [-0.25, -0.2) is 0 Å². The summed E-state index contributed by atoms with van der Waals surface area (Å²) in [6, 6.07) is 16.1. The van der Waals surface area contributed by atoms with E-state index in [1.807, 2.05) is 30.3 Å². The van der Waals surface area contributed by atoms with Crippen LogP contribution in [0.4, 0.5) is 11.4 Å². The number of hydrogen-bond donors (Lipinski definition) is 3. The van der Waals surface area contributed by atoms with Gasteiger partial charge in [-0.2, -0.15) is 5.06 Å². The minimum atomic E-state index is -0.516. The quantitative estimate of drug-likeness (QED) is 0.343. The van der Waals surface area contributed by atoms with E-state index in [0.29, 0.717) is 28.7 Å². The number of nitrogens with zero attached hydrogens (tertiary/aromatic N) is 1. The summed E-state index contributed by atoms with van der Waals surface area (Å²) >= 11 is 0. The van der Waals surface area contributed by atoms with Crippen molar-refractivity contribution in [3.05, 3.63) is 71.9 Å². The van der Waals surface area contributed by atoms with E-state index in [2.05, 4.69) is 5.32 Å². The monoisotopic (exact) mass is 297 g/mol. The number of para-hydroxylation sites is 2. The van der Waals surface area contributed by atoms with Crippen LogP contribution in [0.3, 0.4) is 0 Å². The largest absolute Gasteiger partial charge is 0.398 e. The van der Waals surface area contributed by atoms with Gasteiger partial charge in [-0.05, 0) is 30.7 Å². The maximum absolute atomic E-state index is 12.0. The topological polar surface area (TPSA) is 78.6 Å². The van der Waals surface area contributed by atoms with Crippen molar-refractivity contribution in [3.63, 3.8) is 0 Å². The second kappa shape index (κ2) is 7.28. The molecule has 2 aromatic rings. The Hall–Kier alpha value is -2.79. The summed E-state index contributed by atoms with van der Waals surface area (Å²) in [6.45, 7) is 2.27. The molecule has 0 saturated carbocycles. The number of rotatable bonds is 5. The maximum Gasteiger partial charge on any atom is 0.276 e. The lowest BCUT2D eigenvalue weighted by atomic mass is 10.2. The molecule has 0 aromatic heterocycles. The lowest BCUT2D eigenvalue weighted by Crippen LogP contribution is -2.26. The highest BCUT2D eigenvalue weighted by atomic mass is 16.5. The van der Waals surface area contributed by atoms with Gasteiger partial charge in [0.15, 0.2) is 0 Å². The van der Waals surface area contributed by atoms with Crippen molar-refractivity contribution in [2.24, 2.45) is 0 Å². The zero-order chi connectivity index (χ0) is 15.9. The second-order valence-corrected chi connectivity index (χ2v) is 4.87. The standard InChI is InChI=1S/C17H19N3O2/c1-13(19-12-14-7-5-6-10-16(14)18)11-17(21)20(22)15-8-3-2-4-9-15/h2-11,19,22H,12,18H2,1H3/b13-11-. The van der Waals surface area contributed by atoms with E-state index in [1.54, 1.807) is 31.2 Å². The minimum Gasteiger partial charge on any atom is -0.398 e. The lowest BCUT2D eigenvalue weighted by Gasteiger charge is -2.14. The van der Waals surface area contributed by atoms with Crippen LogP contribution >= 0.6 is 0 Å². The van der Waals surface area contributed by atoms with E-state index < -0.39 is 5.91 Å². The second-order valence-electron chi connectivity index (χ2n) is 4.87. The summed E-state index contributed by atoms with van der Waals surface area (Å²) < 4.78 is 0. The van der Waals surface area contributed by atoms with E-state index in [-0.39, 0.29) is 0 Å². The number of hydroxylamine groups is 1. The first kappa shape index (κ1) is 15.6. The molecule has 2 aromatic carbocycles. The van der Waals surface area contributed by atoms with Crippen LogP contribution in [0.25, 0.3) is 0 Å². The van der Waals surface area contributed by atoms with E-state index in [4.69, 9.17) is 5.73 Å². The molecule has 0 spiro atoms. The molecule has 1 amide bonds. The zero-order valence-electron chi connectivity index (χ0n) is 12.4. The number of benzene rings is 2. The predicted molar refractivity (Wildman–Crippen MR) is 87.2 cm³/mol. The number of nitrogens with one attached hydrogen (secondary N) is 1. The summed E-state index contributed by atoms with van der Waals surface area (Å²) in [4.78, 5) is 12.0. The molecular weight excluding hydrogens is 278 g/mol. The number of hydrogen-bond acceptors (Lipinski definition) is 4. The fourth-order valence-corrected chi connectivity index (χ4v) is 1.92. The Bertz CT molecular complexity index is 669. The SMILES string of the molecule is C/C(=C/C(=O)N(O)c1ccccc1)NCc1ccccc1N. The molecule has 2 rings (SSSR count). The van der Waals surface area contributed by atoms with Gasteiger partial charge in [0.1, 0.15) is 0 Å². The number of nitrogen functional groups attached to an aromatic ring is 1. The molecule has 5 heteroatoms. The molecule has 0 aliphatic heterocycles. The van der Waals surface area contributed by atoms with Gasteiger partial charge in [-0.15, -0.1) is 0 Å². The molecule has 0 aliphatic rings. The molecule has 0 saturated heterocycles. The van der Waals surface area contributed by atoms with Crippen molar-refractivity contribution >= 4 is 17.3 Å². The molecule has 114 valence electrons. The molecule has 0 bridgehead atoms. The van der Waals surface area contributed by atoms with Gasteiger partial charge in [-0.1, -0.05) is 36.4 Å². The predicted octanol–water partition coefficient (Wildman–Crippen LogP) is 2.68. The van der Waals surface area contributed by atoms with E-state index in [0.717, 1.165) is 5.56 Å². The van der Waals surface area contributed by atoms with Crippen LogP contribution in [0.5, 0.6) is 0 Å². The Morgan fingerprint density at radius 1 is 1.18 bits per heavy atom. The highest BCUT2D eigenvalue weighted by molar-refractivity contribution is 5.99. The fourth-order valence-electron chi connectivity index (χ4n) is 1.92. The number of nitrogens with two attached hydrogens (primary N) is 1. The molecular formula is C17H19N3O2. The zero-order valence-corrected chi connectivity index (χ0v) is 12.4. The first-order chi connectivity index (χ1) is 10.6. The van der Waals surface area contributed by atoms with Gasteiger partial charge < -0.3 is 11.1 Å². The van der Waals surface area contributed by atoms with E-state index in [1.165, 1.54) is 6.08 Å². The van der Waals surface area contributed by atoms with Gasteiger partial charge in [-0.3, -0.25) is 10.0 Å². The normalized spacial score (nSPS) is 11.1. The first-order valence-corrected chi connectivity index (χ1v) is 6.91. The van der Waals surface area contributed by atoms with Gasteiger partial charge in [0, 0.05) is 24.0 Å². The highest BCUT2D eigenvalue weighted by Crippen LogP contribution is 2.12. The summed E-state index contributed by atoms with van der Waals surface area (Å²) in [5.41, 5.74) is 8.57. The van der Waals surface area contributed by atoms with Crippen molar-refractivity contribution in [2.45, 2.75) is 13.5 Å². The summed E-state index contributed by atoms with van der Waals surface area (Å²) in [7, 11) is 0. The first-order valence-electron chi connectivity index (χ1n) is 6.91. The van der Waals surface area contributed by atoms with Crippen LogP contribution in [0.2, 0.25) is 0 Å². The summed E-state index contributed by atoms with van der Waals surface area (Å²) in [5.74, 6) is -0.516. The summed E-state index contributed by atoms with van der Waals surface area (Å²) in [5, 5.41) is 13.6. The molecule has 0 aliphatic carbocycles. The molecule has 0 fully saturated rings. The molecule has 4 N–H and O–H groups in total. The molecule has 0 radical (unpaired) electrons. The number of allylic oxidation sites excluding steroid dienone is 1. The van der Waals surface area contributed by atoms with Gasteiger partial charge in [0.05, 0.1) is 5.69 Å². The number of carbonyl (C=O) groups is 1. The minimum absolute atomic E-state index is 0.420. The fraction of sp³-hybridized carbons (Fsp3) is 0.118. The lowest BCUT2D eigenvalue weighted by molar-refractivity contribution is -0.119. The molecule has 22 heavy (non-hydrogen) atoms. The Morgan fingerprint density at radius 2 is 1.82 bits per heavy atom. The van der Waals surface area contributed by atoms with Gasteiger partial charge in [0.25, 0.3) is 5.91 Å². The maximum atomic E-state index is 12.0. The average Bonchev–Trinajstić information content (AvgIpc) is 2.54. The van der Waals surface area contributed by atoms with Crippen LogP contribution in [-0.2, 0) is 11.3 Å². The van der Waals surface area contributed by atoms with Crippen molar-refractivity contribution in [1.82, 2.24) is 5.32 Å². The van der Waals surface area contributed by atoms with Crippen molar-refractivity contribution in [3.8, 4) is 0 Å². The average molecular weight is 297 g/mol. The van der Waals surface area contributed by atoms with E-state index in [9.17, 15) is 10.0 Å². The number of amides is 1. The Balaban J connectivity index is 1.97. The van der Waals surface area contributed by atoms with Crippen molar-refractivity contribution in [2.75, 3.05) is 10.8 Å². The third kappa shape index (κ3) is 4.10. The van der Waals surface area contributed by atoms with Crippen LogP contribution in [0.15, 0.2) is 66.4 Å². The molecule has 0 atom stereocenters. The third-order valence-electron chi connectivity index (χ3n) is 3.16. The van der Waals surface area contributed by atoms with Crippen molar-refractivity contribution in [1.29, 1.82) is 0 Å². The number of anilines is 2. The molecule has 0 unspecified atom stereocenters. The Labute approximate surface area is 129 Å². The Morgan fingerprint density at radius 3 is 2.50 bits per heavy atom. The van der Waals surface area contributed by atoms with Crippen LogP contribution < -0.4 is 16.1 Å². The molecule has 0 heterocycles. The molecule has 5 nitrogen and oxygen atoms in total. The van der Waals surface area contributed by atoms with Crippen LogP contribution in [-0.4, -0.2) is 11.1 Å². The highest BCUT2D eigenvalue weighted by Gasteiger charge is 2.10. The van der Waals surface area contributed by atoms with E-state index >= 15 is 0 Å². The third-order valence-corrected chi connectivity index (χ3v) is 3.16. The van der Waals surface area contributed by atoms with Crippen molar-refractivity contribution < 1.29 is 10.0 Å². The smallest absolute Gasteiger partial charge is 0.276 e. The van der Waals surface area contributed by atoms with Gasteiger partial charge in [0.2, 0.25) is 0 Å². The van der Waals surface area contributed by atoms with Crippen LogP contribution in [0.1, 0.15) is 12.5 Å². The van der Waals surface area contributed by atoms with Crippen LogP contribution in [0, 0.1) is 0 Å². The summed E-state index contributed by atoms with van der Waals surface area (Å²) in [6.07, 6.45) is 1.34. The number of carbonyl (C=O) groups excluding carboxylic acids is 1.